The molecule has 1 spiro atoms. The van der Waals surface area contributed by atoms with Gasteiger partial charge in [0.25, 0.3) is 0 Å². The van der Waals surface area contributed by atoms with Crippen LogP contribution in [0.2, 0.25) is 0 Å². The summed E-state index contributed by atoms with van der Waals surface area (Å²) in [5.41, 5.74) is 0.488. The van der Waals surface area contributed by atoms with Crippen LogP contribution >= 0.6 is 0 Å². The van der Waals surface area contributed by atoms with Gasteiger partial charge in [-0.05, 0) is 47.5 Å². The number of hydrogen-bond donors (Lipinski definition) is 0. The van der Waals surface area contributed by atoms with Crippen LogP contribution in [-0.2, 0) is 15.8 Å². The Labute approximate surface area is 244 Å². The lowest BCUT2D eigenvalue weighted by Crippen LogP contribution is -2.34. The fourth-order valence-corrected chi connectivity index (χ4v) is 6.99. The Hall–Kier alpha value is -4.85. The molecule has 0 N–H and O–H groups in total. The lowest BCUT2D eigenvalue weighted by molar-refractivity contribution is 0.0220. The van der Waals surface area contributed by atoms with Crippen LogP contribution in [0.3, 0.4) is 0 Å². The van der Waals surface area contributed by atoms with E-state index in [-0.39, 0.29) is 28.0 Å². The number of rotatable bonds is 1. The molecule has 3 aliphatic rings. The summed E-state index contributed by atoms with van der Waals surface area (Å²) in [4.78, 5) is 15.4. The molecule has 5 aromatic carbocycles. The van der Waals surface area contributed by atoms with Crippen molar-refractivity contribution >= 4 is 28.1 Å². The molecule has 0 saturated carbocycles. The minimum absolute atomic E-state index is 0.160. The van der Waals surface area contributed by atoms with Crippen LogP contribution in [0.4, 0.5) is 28.9 Å². The first-order valence-electron chi connectivity index (χ1n) is 13.9. The van der Waals surface area contributed by atoms with E-state index in [1.54, 1.807) is 54.6 Å². The molecule has 214 valence electrons. The van der Waals surface area contributed by atoms with Gasteiger partial charge in [-0.1, -0.05) is 61.9 Å². The smallest absolute Gasteiger partial charge is 0.343 e. The van der Waals surface area contributed by atoms with Crippen molar-refractivity contribution in [1.82, 2.24) is 0 Å². The number of anilines is 2. The van der Waals surface area contributed by atoms with E-state index in [2.05, 4.69) is 30.9 Å². The molecule has 3 aliphatic heterocycles. The first kappa shape index (κ1) is 25.8. The zero-order valence-corrected chi connectivity index (χ0v) is 23.3. The zero-order valence-electron chi connectivity index (χ0n) is 23.3. The van der Waals surface area contributed by atoms with Gasteiger partial charge in [0.2, 0.25) is 0 Å². The van der Waals surface area contributed by atoms with Crippen LogP contribution in [0, 0.1) is 30.2 Å². The molecule has 8 rings (SSSR count). The van der Waals surface area contributed by atoms with E-state index >= 15 is 8.78 Å². The summed E-state index contributed by atoms with van der Waals surface area (Å²) in [5, 5.41) is 1.22. The summed E-state index contributed by atoms with van der Waals surface area (Å²) < 4.78 is 72.7. The number of hydrogen-bond acceptors (Lipinski definition) is 4. The Morgan fingerprint density at radius 1 is 0.767 bits per heavy atom. The Bertz CT molecular complexity index is 2090. The molecule has 0 amide bonds. The number of ether oxygens (including phenoxy) is 2. The van der Waals surface area contributed by atoms with Crippen molar-refractivity contribution in [2.75, 3.05) is 11.4 Å². The van der Waals surface area contributed by atoms with Gasteiger partial charge in [0, 0.05) is 35.0 Å². The van der Waals surface area contributed by atoms with E-state index in [4.69, 9.17) is 9.47 Å². The second kappa shape index (κ2) is 8.37. The van der Waals surface area contributed by atoms with E-state index in [1.165, 1.54) is 5.56 Å². The molecule has 0 aliphatic carbocycles. The average molecular weight is 582 g/mol. The molecule has 1 unspecified atom stereocenters. The third-order valence-electron chi connectivity index (χ3n) is 8.91. The van der Waals surface area contributed by atoms with Crippen LogP contribution in [0.5, 0.6) is 11.5 Å². The van der Waals surface area contributed by atoms with Crippen LogP contribution < -0.4 is 9.64 Å². The molecule has 8 heteroatoms. The highest BCUT2D eigenvalue weighted by Gasteiger charge is 2.58. The SMILES string of the molecule is Cc1ccc2c(c1)C(C)(C)CN2c1ccc2c(c1)Oc1ccc3ccccc3c1C21OC(=O)c2c(F)c(F)c(F)c(F)c21. The minimum Gasteiger partial charge on any atom is -0.456 e. The largest absolute Gasteiger partial charge is 0.456 e. The first-order chi connectivity index (χ1) is 20.5. The molecule has 0 bridgehead atoms. The predicted molar refractivity (Wildman–Crippen MR) is 153 cm³/mol. The standard InChI is InChI=1S/C35H23F4NO3/c1-17-8-12-23-22(14-17)34(2,3)16-40(23)19-10-11-21-25(15-19)42-24-13-9-18-6-4-5-7-20(18)27(24)35(21)28-26(33(41)43-35)29(36)31(38)32(39)30(28)37/h4-15H,16H2,1-3H3. The van der Waals surface area contributed by atoms with Crippen molar-refractivity contribution in [1.29, 1.82) is 0 Å². The molecule has 0 saturated heterocycles. The van der Waals surface area contributed by atoms with Crippen molar-refractivity contribution in [2.45, 2.75) is 31.8 Å². The van der Waals surface area contributed by atoms with Gasteiger partial charge in [0.15, 0.2) is 28.9 Å². The Balaban J connectivity index is 1.42. The number of esters is 1. The maximum Gasteiger partial charge on any atom is 0.343 e. The number of benzene rings is 5. The molecule has 0 radical (unpaired) electrons. The average Bonchev–Trinajstić information content (AvgIpc) is 3.44. The number of fused-ring (bicyclic) bond motifs is 9. The normalized spacial score (nSPS) is 19.1. The molecule has 0 aromatic heterocycles. The van der Waals surface area contributed by atoms with Gasteiger partial charge < -0.3 is 14.4 Å². The maximum atomic E-state index is 15.9. The van der Waals surface area contributed by atoms with Gasteiger partial charge >= 0.3 is 5.97 Å². The quantitative estimate of drug-likeness (QED) is 0.0859. The van der Waals surface area contributed by atoms with Crippen molar-refractivity contribution in [3.8, 4) is 11.5 Å². The summed E-state index contributed by atoms with van der Waals surface area (Å²) >= 11 is 0. The van der Waals surface area contributed by atoms with Gasteiger partial charge in [-0.25, -0.2) is 22.4 Å². The van der Waals surface area contributed by atoms with Crippen molar-refractivity contribution in [2.24, 2.45) is 0 Å². The topological polar surface area (TPSA) is 38.8 Å². The number of halogens is 4. The summed E-state index contributed by atoms with van der Waals surface area (Å²) in [7, 11) is 0. The van der Waals surface area contributed by atoms with Crippen molar-refractivity contribution < 1.29 is 31.8 Å². The second-order valence-electron chi connectivity index (χ2n) is 12.0. The Kier molecular flexibility index (Phi) is 5.03. The highest BCUT2D eigenvalue weighted by Crippen LogP contribution is 2.60. The summed E-state index contributed by atoms with van der Waals surface area (Å²) in [6.07, 6.45) is 0. The van der Waals surface area contributed by atoms with Gasteiger partial charge in [0.1, 0.15) is 17.1 Å². The fraction of sp³-hybridized carbons (Fsp3) is 0.171. The molecule has 5 aromatic rings. The third kappa shape index (κ3) is 3.23. The van der Waals surface area contributed by atoms with E-state index in [0.717, 1.165) is 16.9 Å². The molecule has 3 heterocycles. The van der Waals surface area contributed by atoms with Crippen molar-refractivity contribution in [3.05, 3.63) is 129 Å². The number of carbonyl (C=O) groups is 1. The predicted octanol–water partition coefficient (Wildman–Crippen LogP) is 8.70. The van der Waals surface area contributed by atoms with Crippen LogP contribution in [0.15, 0.2) is 72.8 Å². The molecule has 4 nitrogen and oxygen atoms in total. The van der Waals surface area contributed by atoms with E-state index < -0.39 is 46.0 Å². The summed E-state index contributed by atoms with van der Waals surface area (Å²) in [6, 6.07) is 21.9. The summed E-state index contributed by atoms with van der Waals surface area (Å²) in [5.74, 6) is -8.46. The van der Waals surface area contributed by atoms with E-state index in [1.807, 2.05) is 13.0 Å². The second-order valence-corrected chi connectivity index (χ2v) is 12.0. The molecule has 1 atom stereocenters. The van der Waals surface area contributed by atoms with Gasteiger partial charge in [-0.15, -0.1) is 0 Å². The highest BCUT2D eigenvalue weighted by atomic mass is 19.2. The van der Waals surface area contributed by atoms with Crippen LogP contribution in [-0.4, -0.2) is 12.5 Å². The summed E-state index contributed by atoms with van der Waals surface area (Å²) in [6.45, 7) is 7.04. The molecule has 43 heavy (non-hydrogen) atoms. The van der Waals surface area contributed by atoms with Crippen molar-refractivity contribution in [3.63, 3.8) is 0 Å². The number of carbonyl (C=O) groups excluding carboxylic acids is 1. The fourth-order valence-electron chi connectivity index (χ4n) is 6.99. The van der Waals surface area contributed by atoms with Gasteiger partial charge in [0.05, 0.1) is 11.1 Å². The Morgan fingerprint density at radius 2 is 1.53 bits per heavy atom. The number of aryl methyl sites for hydroxylation is 1. The lowest BCUT2D eigenvalue weighted by atomic mass is 9.75. The molecular weight excluding hydrogens is 558 g/mol. The lowest BCUT2D eigenvalue weighted by Gasteiger charge is -2.38. The highest BCUT2D eigenvalue weighted by molar-refractivity contribution is 6.00. The zero-order chi connectivity index (χ0) is 30.0. The van der Waals surface area contributed by atoms with Gasteiger partial charge in [-0.2, -0.15) is 0 Å². The van der Waals surface area contributed by atoms with Crippen LogP contribution in [0.1, 0.15) is 52.0 Å². The van der Waals surface area contributed by atoms with Crippen LogP contribution in [0.25, 0.3) is 10.8 Å². The molecular formula is C35H23F4NO3. The maximum absolute atomic E-state index is 15.9. The first-order valence-corrected chi connectivity index (χ1v) is 13.9. The van der Waals surface area contributed by atoms with E-state index in [9.17, 15) is 13.6 Å². The minimum atomic E-state index is -2.15. The molecule has 0 fully saturated rings. The van der Waals surface area contributed by atoms with Gasteiger partial charge in [-0.3, -0.25) is 0 Å². The third-order valence-corrected chi connectivity index (χ3v) is 8.91. The Morgan fingerprint density at radius 3 is 2.35 bits per heavy atom. The monoisotopic (exact) mass is 581 g/mol. The number of nitrogens with zero attached hydrogens (tertiary/aromatic N) is 1. The van der Waals surface area contributed by atoms with E-state index in [0.29, 0.717) is 17.3 Å².